The Labute approximate surface area is 209 Å². The minimum atomic E-state index is -2.19. The first-order valence-corrected chi connectivity index (χ1v) is 11.3. The summed E-state index contributed by atoms with van der Waals surface area (Å²) in [6.45, 7) is 2.19. The highest BCUT2D eigenvalue weighted by Gasteiger charge is 2.31. The molecule has 36 heavy (non-hydrogen) atoms. The fraction of sp³-hybridized carbons (Fsp3) is 0.240. The summed E-state index contributed by atoms with van der Waals surface area (Å²) >= 11 is 6.40. The van der Waals surface area contributed by atoms with Crippen molar-refractivity contribution in [2.75, 3.05) is 47.9 Å². The molecule has 1 amide bonds. The van der Waals surface area contributed by atoms with Gasteiger partial charge in [-0.1, -0.05) is 29.3 Å². The van der Waals surface area contributed by atoms with Gasteiger partial charge in [0, 0.05) is 31.9 Å². The first-order valence-electron chi connectivity index (χ1n) is 11.0. The highest BCUT2D eigenvalue weighted by molar-refractivity contribution is 6.33. The lowest BCUT2D eigenvalue weighted by Crippen LogP contribution is -2.47. The lowest BCUT2D eigenvalue weighted by atomic mass is 10.2. The smallest absolute Gasteiger partial charge is 0.262 e. The Bertz CT molecular complexity index is 1250. The van der Waals surface area contributed by atoms with E-state index in [1.807, 2.05) is 24.0 Å². The Hall–Kier alpha value is -3.53. The van der Waals surface area contributed by atoms with Crippen LogP contribution >= 0.6 is 11.6 Å². The molecule has 1 N–H and O–H groups in total. The summed E-state index contributed by atoms with van der Waals surface area (Å²) in [6.07, 6.45) is 0. The molecule has 190 valence electrons. The number of halogens is 6. The molecular weight excluding hydrogens is 505 g/mol. The van der Waals surface area contributed by atoms with Crippen LogP contribution in [0.3, 0.4) is 0 Å². The quantitative estimate of drug-likeness (QED) is 0.255. The summed E-state index contributed by atoms with van der Waals surface area (Å²) in [7, 11) is 0. The van der Waals surface area contributed by atoms with Crippen molar-refractivity contribution in [2.24, 2.45) is 0 Å². The number of nitrogens with one attached hydrogen (secondary N) is 1. The fourth-order valence-electron chi connectivity index (χ4n) is 3.86. The monoisotopic (exact) mass is 525 g/mol. The highest BCUT2D eigenvalue weighted by Crippen LogP contribution is 2.33. The molecule has 4 rings (SSSR count). The molecule has 1 saturated heterocycles. The Morgan fingerprint density at radius 1 is 0.861 bits per heavy atom. The molecule has 1 aliphatic heterocycles. The van der Waals surface area contributed by atoms with Crippen LogP contribution in [0.1, 0.15) is 5.56 Å². The van der Waals surface area contributed by atoms with Gasteiger partial charge in [-0.25, -0.2) is 22.0 Å². The zero-order chi connectivity index (χ0) is 26.0. The van der Waals surface area contributed by atoms with Gasteiger partial charge in [0.05, 0.1) is 10.7 Å². The molecule has 1 fully saturated rings. The van der Waals surface area contributed by atoms with Gasteiger partial charge in [0.1, 0.15) is 11.4 Å². The van der Waals surface area contributed by atoms with Crippen LogP contribution in [0.5, 0.6) is 5.75 Å². The van der Waals surface area contributed by atoms with Crippen molar-refractivity contribution in [1.29, 1.82) is 0 Å². The van der Waals surface area contributed by atoms with Crippen molar-refractivity contribution in [3.63, 3.8) is 0 Å². The van der Waals surface area contributed by atoms with Gasteiger partial charge in [0.2, 0.25) is 5.82 Å². The molecular formula is C25H21ClF5N3O2. The van der Waals surface area contributed by atoms with E-state index in [0.29, 0.717) is 22.1 Å². The molecule has 3 aromatic rings. The lowest BCUT2D eigenvalue weighted by Gasteiger charge is -2.38. The maximum absolute atomic E-state index is 14.1. The van der Waals surface area contributed by atoms with Crippen LogP contribution in [0.15, 0.2) is 42.5 Å². The number of benzene rings is 3. The maximum atomic E-state index is 14.1. The largest absolute Gasteiger partial charge is 0.484 e. The third-order valence-electron chi connectivity index (χ3n) is 5.75. The molecule has 0 unspecified atom stereocenters. The fourth-order valence-corrected chi connectivity index (χ4v) is 4.16. The Morgan fingerprint density at radius 3 is 2.00 bits per heavy atom. The third kappa shape index (κ3) is 5.33. The zero-order valence-electron chi connectivity index (χ0n) is 19.1. The molecule has 3 aromatic carbocycles. The summed E-state index contributed by atoms with van der Waals surface area (Å²) in [4.78, 5) is 15.1. The van der Waals surface area contributed by atoms with E-state index in [-0.39, 0.29) is 38.7 Å². The second-order valence-corrected chi connectivity index (χ2v) is 8.62. The van der Waals surface area contributed by atoms with E-state index in [1.165, 1.54) is 0 Å². The average Bonchev–Trinajstić information content (AvgIpc) is 2.87. The number of carbonyl (C=O) groups is 1. The number of aryl methyl sites for hydroxylation is 1. The molecule has 11 heteroatoms. The van der Waals surface area contributed by atoms with Crippen molar-refractivity contribution in [2.45, 2.75) is 6.92 Å². The van der Waals surface area contributed by atoms with Crippen LogP contribution in [0.25, 0.3) is 0 Å². The lowest BCUT2D eigenvalue weighted by molar-refractivity contribution is -0.118. The molecule has 1 heterocycles. The number of rotatable bonds is 6. The van der Waals surface area contributed by atoms with E-state index in [2.05, 4.69) is 5.32 Å². The van der Waals surface area contributed by atoms with E-state index in [4.69, 9.17) is 16.3 Å². The van der Waals surface area contributed by atoms with Gasteiger partial charge in [-0.15, -0.1) is 0 Å². The van der Waals surface area contributed by atoms with Crippen LogP contribution in [0.2, 0.25) is 5.02 Å². The maximum Gasteiger partial charge on any atom is 0.262 e. The summed E-state index contributed by atoms with van der Waals surface area (Å²) in [6, 6.07) is 12.1. The first kappa shape index (κ1) is 25.6. The molecule has 0 radical (unpaired) electrons. The Kier molecular flexibility index (Phi) is 7.53. The molecule has 0 bridgehead atoms. The second-order valence-electron chi connectivity index (χ2n) is 8.21. The van der Waals surface area contributed by atoms with Gasteiger partial charge in [-0.2, -0.15) is 0 Å². The van der Waals surface area contributed by atoms with Gasteiger partial charge in [0.25, 0.3) is 5.91 Å². The zero-order valence-corrected chi connectivity index (χ0v) is 19.8. The van der Waals surface area contributed by atoms with Crippen LogP contribution in [-0.2, 0) is 4.79 Å². The standard InChI is InChI=1S/C25H21ClF5N3O2/c1-14-2-5-16(6-3-14)36-13-19(35)32-15-4-7-18(17(26)12-15)33-8-10-34(11-9-33)25-23(30)21(28)20(27)22(29)24(25)31/h2-7,12H,8-11,13H2,1H3,(H,32,35). The van der Waals surface area contributed by atoms with E-state index in [0.717, 1.165) is 10.5 Å². The molecule has 5 nitrogen and oxygen atoms in total. The summed E-state index contributed by atoms with van der Waals surface area (Å²) in [5.41, 5.74) is 1.17. The van der Waals surface area contributed by atoms with Crippen molar-refractivity contribution in [1.82, 2.24) is 0 Å². The molecule has 0 aromatic heterocycles. The summed E-state index contributed by atoms with van der Waals surface area (Å²) in [5, 5.41) is 3.01. The van der Waals surface area contributed by atoms with Crippen molar-refractivity contribution in [3.8, 4) is 5.75 Å². The number of hydrogen-bond donors (Lipinski definition) is 1. The summed E-state index contributed by atoms with van der Waals surface area (Å²) < 4.78 is 74.2. The van der Waals surface area contributed by atoms with Gasteiger partial charge in [-0.3, -0.25) is 4.79 Å². The van der Waals surface area contributed by atoms with Gasteiger partial charge in [-0.05, 0) is 37.3 Å². The predicted molar refractivity (Wildman–Crippen MR) is 127 cm³/mol. The molecule has 0 aliphatic carbocycles. The van der Waals surface area contributed by atoms with E-state index in [9.17, 15) is 26.7 Å². The minimum absolute atomic E-state index is 0.00349. The van der Waals surface area contributed by atoms with Crippen LogP contribution < -0.4 is 19.9 Å². The van der Waals surface area contributed by atoms with Crippen molar-refractivity contribution in [3.05, 3.63) is 82.1 Å². The molecule has 0 atom stereocenters. The van der Waals surface area contributed by atoms with Gasteiger partial charge < -0.3 is 19.9 Å². The number of ether oxygens (including phenoxy) is 1. The van der Waals surface area contributed by atoms with Crippen molar-refractivity contribution < 1.29 is 31.5 Å². The number of carbonyl (C=O) groups excluding carboxylic acids is 1. The minimum Gasteiger partial charge on any atom is -0.484 e. The van der Waals surface area contributed by atoms with Gasteiger partial charge in [0.15, 0.2) is 29.9 Å². The number of anilines is 3. The average molecular weight is 526 g/mol. The molecule has 0 spiro atoms. The summed E-state index contributed by atoms with van der Waals surface area (Å²) in [5.74, 6) is -9.67. The topological polar surface area (TPSA) is 44.8 Å². The number of hydrogen-bond acceptors (Lipinski definition) is 4. The SMILES string of the molecule is Cc1ccc(OCC(=O)Nc2ccc(N3CCN(c4c(F)c(F)c(F)c(F)c4F)CC3)c(Cl)c2)cc1. The normalized spacial score (nSPS) is 13.6. The van der Waals surface area contributed by atoms with Crippen molar-refractivity contribution >= 4 is 34.6 Å². The van der Waals surface area contributed by atoms with E-state index in [1.54, 1.807) is 30.3 Å². The Balaban J connectivity index is 1.37. The molecule has 0 saturated carbocycles. The van der Waals surface area contributed by atoms with Crippen LogP contribution in [0, 0.1) is 36.0 Å². The second kappa shape index (κ2) is 10.6. The number of piperazine rings is 1. The van der Waals surface area contributed by atoms with Crippen LogP contribution in [0.4, 0.5) is 39.0 Å². The Morgan fingerprint density at radius 2 is 1.42 bits per heavy atom. The number of amides is 1. The first-order chi connectivity index (χ1) is 17.2. The molecule has 1 aliphatic rings. The van der Waals surface area contributed by atoms with E-state index >= 15 is 0 Å². The number of nitrogens with zero attached hydrogens (tertiary/aromatic N) is 2. The van der Waals surface area contributed by atoms with Crippen LogP contribution in [-0.4, -0.2) is 38.7 Å². The highest BCUT2D eigenvalue weighted by atomic mass is 35.5. The predicted octanol–water partition coefficient (Wildman–Crippen LogP) is 5.69. The third-order valence-corrected chi connectivity index (χ3v) is 6.05. The van der Waals surface area contributed by atoms with Gasteiger partial charge >= 0.3 is 0 Å². The van der Waals surface area contributed by atoms with E-state index < -0.39 is 34.8 Å².